The number of nitrogens with zero attached hydrogens (tertiary/aromatic N) is 3. The lowest BCUT2D eigenvalue weighted by molar-refractivity contribution is -0.255. The standard InChI is InChI=1S/C12H15N3O3/c16-11(15-7-3-1-2-4-8-15)9-10(12(17)18)14-6-5-13-9/h5-6H,1-4,7-8H2,(H,17,18)/p-1. The zero-order valence-electron chi connectivity index (χ0n) is 9.96. The molecule has 0 N–H and O–H groups in total. The molecule has 1 aliphatic rings. The molecule has 1 aromatic heterocycles. The largest absolute Gasteiger partial charge is 0.543 e. The predicted molar refractivity (Wildman–Crippen MR) is 60.7 cm³/mol. The highest BCUT2D eigenvalue weighted by molar-refractivity contribution is 6.01. The van der Waals surface area contributed by atoms with Crippen LogP contribution in [0.15, 0.2) is 12.4 Å². The highest BCUT2D eigenvalue weighted by Crippen LogP contribution is 2.13. The molecule has 0 radical (unpaired) electrons. The van der Waals surface area contributed by atoms with Gasteiger partial charge in [0.15, 0.2) is 5.69 Å². The van der Waals surface area contributed by atoms with Crippen molar-refractivity contribution in [1.82, 2.24) is 14.9 Å². The Balaban J connectivity index is 2.24. The van der Waals surface area contributed by atoms with Crippen molar-refractivity contribution in [2.75, 3.05) is 13.1 Å². The molecule has 0 saturated carbocycles. The molecule has 0 aromatic carbocycles. The number of hydrogen-bond acceptors (Lipinski definition) is 5. The average molecular weight is 248 g/mol. The van der Waals surface area contributed by atoms with Crippen LogP contribution in [0.1, 0.15) is 46.7 Å². The minimum Gasteiger partial charge on any atom is -0.543 e. The first-order chi connectivity index (χ1) is 8.70. The summed E-state index contributed by atoms with van der Waals surface area (Å²) in [4.78, 5) is 32.2. The van der Waals surface area contributed by atoms with Crippen LogP contribution >= 0.6 is 0 Å². The maximum atomic E-state index is 12.2. The topological polar surface area (TPSA) is 86.2 Å². The van der Waals surface area contributed by atoms with Gasteiger partial charge in [0.05, 0.1) is 5.97 Å². The summed E-state index contributed by atoms with van der Waals surface area (Å²) in [6, 6.07) is 0. The molecule has 1 aliphatic heterocycles. The number of rotatable bonds is 2. The molecule has 96 valence electrons. The smallest absolute Gasteiger partial charge is 0.274 e. The third-order valence-corrected chi connectivity index (χ3v) is 2.99. The van der Waals surface area contributed by atoms with Crippen molar-refractivity contribution in [1.29, 1.82) is 0 Å². The highest BCUT2D eigenvalue weighted by Gasteiger charge is 2.22. The number of carboxylic acids is 1. The van der Waals surface area contributed by atoms with Crippen LogP contribution in [-0.2, 0) is 0 Å². The van der Waals surface area contributed by atoms with Crippen molar-refractivity contribution in [3.05, 3.63) is 23.8 Å². The lowest BCUT2D eigenvalue weighted by atomic mass is 10.2. The Morgan fingerprint density at radius 2 is 1.56 bits per heavy atom. The molecule has 0 atom stereocenters. The molecular weight excluding hydrogens is 234 g/mol. The molecule has 0 aliphatic carbocycles. The van der Waals surface area contributed by atoms with Crippen molar-refractivity contribution in [3.63, 3.8) is 0 Å². The van der Waals surface area contributed by atoms with Gasteiger partial charge in [-0.1, -0.05) is 12.8 Å². The quantitative estimate of drug-likeness (QED) is 0.726. The molecule has 1 amide bonds. The van der Waals surface area contributed by atoms with Crippen molar-refractivity contribution in [2.45, 2.75) is 25.7 Å². The van der Waals surface area contributed by atoms with Gasteiger partial charge in [-0.25, -0.2) is 4.98 Å². The Morgan fingerprint density at radius 1 is 1.00 bits per heavy atom. The van der Waals surface area contributed by atoms with E-state index in [1.54, 1.807) is 4.90 Å². The van der Waals surface area contributed by atoms with Crippen LogP contribution in [0.4, 0.5) is 0 Å². The number of aromatic carboxylic acids is 1. The molecule has 0 bridgehead atoms. The second kappa shape index (κ2) is 5.57. The van der Waals surface area contributed by atoms with Crippen LogP contribution < -0.4 is 5.11 Å². The third-order valence-electron chi connectivity index (χ3n) is 2.99. The Bertz CT molecular complexity index is 454. The molecule has 6 heteroatoms. The van der Waals surface area contributed by atoms with Gasteiger partial charge in [-0.3, -0.25) is 9.78 Å². The lowest BCUT2D eigenvalue weighted by Crippen LogP contribution is -2.35. The molecule has 1 saturated heterocycles. The normalized spacial score (nSPS) is 16.1. The fourth-order valence-electron chi connectivity index (χ4n) is 2.07. The van der Waals surface area contributed by atoms with E-state index in [0.29, 0.717) is 13.1 Å². The third kappa shape index (κ3) is 2.64. The van der Waals surface area contributed by atoms with E-state index in [1.807, 2.05) is 0 Å². The fourth-order valence-corrected chi connectivity index (χ4v) is 2.07. The zero-order valence-corrected chi connectivity index (χ0v) is 9.96. The van der Waals surface area contributed by atoms with E-state index in [1.165, 1.54) is 12.4 Å². The van der Waals surface area contributed by atoms with E-state index in [-0.39, 0.29) is 17.3 Å². The number of hydrogen-bond donors (Lipinski definition) is 0. The molecule has 2 rings (SSSR count). The summed E-state index contributed by atoms with van der Waals surface area (Å²) < 4.78 is 0. The zero-order chi connectivity index (χ0) is 13.0. The predicted octanol–water partition coefficient (Wildman–Crippen LogP) is -0.144. The van der Waals surface area contributed by atoms with Gasteiger partial charge in [-0.2, -0.15) is 0 Å². The Morgan fingerprint density at radius 3 is 2.11 bits per heavy atom. The molecule has 2 heterocycles. The maximum absolute atomic E-state index is 12.2. The highest BCUT2D eigenvalue weighted by atomic mass is 16.4. The number of likely N-dealkylation sites (tertiary alicyclic amines) is 1. The summed E-state index contributed by atoms with van der Waals surface area (Å²) in [5, 5.41) is 10.9. The van der Waals surface area contributed by atoms with Crippen LogP contribution in [-0.4, -0.2) is 39.8 Å². The molecule has 1 fully saturated rings. The van der Waals surface area contributed by atoms with E-state index in [4.69, 9.17) is 0 Å². The Labute approximate surface area is 105 Å². The SMILES string of the molecule is O=C([O-])c1nccnc1C(=O)N1CCCCCC1. The van der Waals surface area contributed by atoms with Gasteiger partial charge in [0, 0.05) is 25.5 Å². The van der Waals surface area contributed by atoms with Crippen molar-refractivity contribution in [3.8, 4) is 0 Å². The van der Waals surface area contributed by atoms with Gasteiger partial charge >= 0.3 is 0 Å². The van der Waals surface area contributed by atoms with Crippen LogP contribution in [0.2, 0.25) is 0 Å². The van der Waals surface area contributed by atoms with E-state index in [9.17, 15) is 14.7 Å². The minimum atomic E-state index is -1.47. The average Bonchev–Trinajstić information content (AvgIpc) is 2.66. The summed E-state index contributed by atoms with van der Waals surface area (Å²) in [5.41, 5.74) is -0.508. The molecular formula is C12H14N3O3-. The molecule has 18 heavy (non-hydrogen) atoms. The second-order valence-electron chi connectivity index (χ2n) is 4.25. The number of carbonyl (C=O) groups excluding carboxylic acids is 2. The van der Waals surface area contributed by atoms with Crippen LogP contribution in [0, 0.1) is 0 Å². The molecule has 0 spiro atoms. The summed E-state index contributed by atoms with van der Waals surface area (Å²) in [7, 11) is 0. The first-order valence-corrected chi connectivity index (χ1v) is 6.02. The number of amides is 1. The first-order valence-electron chi connectivity index (χ1n) is 6.02. The van der Waals surface area contributed by atoms with Gasteiger partial charge in [0.25, 0.3) is 5.91 Å². The molecule has 1 aromatic rings. The monoisotopic (exact) mass is 248 g/mol. The van der Waals surface area contributed by atoms with E-state index in [2.05, 4.69) is 9.97 Å². The van der Waals surface area contributed by atoms with Gasteiger partial charge < -0.3 is 14.8 Å². The number of carboxylic acid groups (broad SMARTS) is 1. The van der Waals surface area contributed by atoms with Gasteiger partial charge in [-0.05, 0) is 12.8 Å². The van der Waals surface area contributed by atoms with E-state index < -0.39 is 5.97 Å². The van der Waals surface area contributed by atoms with Crippen molar-refractivity contribution in [2.24, 2.45) is 0 Å². The van der Waals surface area contributed by atoms with Gasteiger partial charge in [0.1, 0.15) is 5.69 Å². The van der Waals surface area contributed by atoms with Crippen LogP contribution in [0.25, 0.3) is 0 Å². The summed E-state index contributed by atoms with van der Waals surface area (Å²) in [5.74, 6) is -1.84. The van der Waals surface area contributed by atoms with E-state index >= 15 is 0 Å². The summed E-state index contributed by atoms with van der Waals surface area (Å²) in [6.45, 7) is 1.28. The van der Waals surface area contributed by atoms with Crippen LogP contribution in [0.3, 0.4) is 0 Å². The number of carbonyl (C=O) groups is 2. The van der Waals surface area contributed by atoms with Gasteiger partial charge in [0.2, 0.25) is 0 Å². The van der Waals surface area contributed by atoms with Crippen molar-refractivity contribution >= 4 is 11.9 Å². The number of aromatic nitrogens is 2. The Hall–Kier alpha value is -1.98. The van der Waals surface area contributed by atoms with Gasteiger partial charge in [-0.15, -0.1) is 0 Å². The summed E-state index contributed by atoms with van der Waals surface area (Å²) in [6.07, 6.45) is 6.62. The van der Waals surface area contributed by atoms with E-state index in [0.717, 1.165) is 25.7 Å². The minimum absolute atomic E-state index is 0.126. The lowest BCUT2D eigenvalue weighted by Gasteiger charge is -2.20. The Kier molecular flexibility index (Phi) is 3.86. The fraction of sp³-hybridized carbons (Fsp3) is 0.500. The molecule has 6 nitrogen and oxygen atoms in total. The summed E-state index contributed by atoms with van der Waals surface area (Å²) >= 11 is 0. The second-order valence-corrected chi connectivity index (χ2v) is 4.25. The maximum Gasteiger partial charge on any atom is 0.274 e. The first kappa shape index (κ1) is 12.5. The van der Waals surface area contributed by atoms with Crippen LogP contribution in [0.5, 0.6) is 0 Å². The van der Waals surface area contributed by atoms with Crippen molar-refractivity contribution < 1.29 is 14.7 Å². The molecule has 0 unspecified atom stereocenters.